The van der Waals surface area contributed by atoms with Crippen molar-refractivity contribution in [2.24, 2.45) is 0 Å². The van der Waals surface area contributed by atoms with E-state index in [0.717, 1.165) is 16.8 Å². The molecule has 0 atom stereocenters. The van der Waals surface area contributed by atoms with Crippen LogP contribution in [0.15, 0.2) is 24.4 Å². The van der Waals surface area contributed by atoms with Gasteiger partial charge in [-0.25, -0.2) is 0 Å². The molecule has 1 heterocycles. The fraction of sp³-hybridized carbons (Fsp3) is 0.389. The van der Waals surface area contributed by atoms with Gasteiger partial charge < -0.3 is 15.3 Å². The van der Waals surface area contributed by atoms with Gasteiger partial charge in [0.2, 0.25) is 5.91 Å². The zero-order valence-corrected chi connectivity index (χ0v) is 15.0. The van der Waals surface area contributed by atoms with Crippen LogP contribution < -0.4 is 5.32 Å². The van der Waals surface area contributed by atoms with Crippen molar-refractivity contribution in [3.8, 4) is 0 Å². The van der Waals surface area contributed by atoms with Crippen molar-refractivity contribution in [2.75, 3.05) is 25.5 Å². The number of amides is 2. The van der Waals surface area contributed by atoms with Gasteiger partial charge in [0.05, 0.1) is 31.5 Å². The Bertz CT molecular complexity index is 783. The summed E-state index contributed by atoms with van der Waals surface area (Å²) in [6.45, 7) is 5.86. The Kier molecular flexibility index (Phi) is 5.93. The third kappa shape index (κ3) is 4.45. The molecule has 1 aromatic heterocycles. The maximum atomic E-state index is 12.5. The number of carbonyl (C=O) groups excluding carboxylic acids is 2. The molecule has 0 unspecified atom stereocenters. The number of hydrogen-bond donors (Lipinski definition) is 2. The minimum atomic E-state index is -0.280. The van der Waals surface area contributed by atoms with Crippen LogP contribution in [-0.2, 0) is 11.3 Å². The van der Waals surface area contributed by atoms with Gasteiger partial charge in [0.15, 0.2) is 0 Å². The fourth-order valence-corrected chi connectivity index (χ4v) is 2.53. The van der Waals surface area contributed by atoms with Gasteiger partial charge in [0.1, 0.15) is 0 Å². The molecule has 2 N–H and O–H groups in total. The van der Waals surface area contributed by atoms with Crippen LogP contribution in [0.1, 0.15) is 27.2 Å². The van der Waals surface area contributed by atoms with E-state index >= 15 is 0 Å². The lowest BCUT2D eigenvalue weighted by Gasteiger charge is -2.17. The summed E-state index contributed by atoms with van der Waals surface area (Å²) in [5, 5.41) is 15.9. The van der Waals surface area contributed by atoms with Gasteiger partial charge >= 0.3 is 0 Å². The summed E-state index contributed by atoms with van der Waals surface area (Å²) in [5.74, 6) is -0.539. The molecule has 0 spiro atoms. The van der Waals surface area contributed by atoms with Crippen molar-refractivity contribution in [1.29, 1.82) is 0 Å². The first-order chi connectivity index (χ1) is 11.8. The molecule has 7 heteroatoms. The van der Waals surface area contributed by atoms with Crippen molar-refractivity contribution in [3.63, 3.8) is 0 Å². The van der Waals surface area contributed by atoms with Crippen LogP contribution in [0.5, 0.6) is 0 Å². The lowest BCUT2D eigenvalue weighted by atomic mass is 10.1. The van der Waals surface area contributed by atoms with Gasteiger partial charge in [0, 0.05) is 18.4 Å². The molecule has 0 saturated carbocycles. The lowest BCUT2D eigenvalue weighted by molar-refractivity contribution is -0.116. The summed E-state index contributed by atoms with van der Waals surface area (Å²) in [6, 6.07) is 5.82. The van der Waals surface area contributed by atoms with E-state index in [1.807, 2.05) is 32.0 Å². The molecule has 2 amide bonds. The number of hydrogen-bond acceptors (Lipinski definition) is 4. The molecule has 0 aliphatic rings. The maximum Gasteiger partial charge on any atom is 0.257 e. The number of anilines is 1. The third-order valence-electron chi connectivity index (χ3n) is 4.04. The number of carbonyl (C=O) groups is 2. The largest absolute Gasteiger partial charge is 0.394 e. The van der Waals surface area contributed by atoms with E-state index in [0.29, 0.717) is 17.8 Å². The molecular formula is C18H24N4O3. The summed E-state index contributed by atoms with van der Waals surface area (Å²) < 4.78 is 1.57. The summed E-state index contributed by atoms with van der Waals surface area (Å²) in [5.41, 5.74) is 3.86. The van der Waals surface area contributed by atoms with Crippen molar-refractivity contribution in [2.45, 2.75) is 27.3 Å². The van der Waals surface area contributed by atoms with Gasteiger partial charge in [-0.2, -0.15) is 5.10 Å². The fourth-order valence-electron chi connectivity index (χ4n) is 2.53. The molecule has 2 rings (SSSR count). The minimum absolute atomic E-state index is 0.0514. The van der Waals surface area contributed by atoms with Crippen LogP contribution in [0, 0.1) is 20.8 Å². The Morgan fingerprint density at radius 1 is 1.28 bits per heavy atom. The zero-order chi connectivity index (χ0) is 18.6. The van der Waals surface area contributed by atoms with Gasteiger partial charge in [0.25, 0.3) is 5.91 Å². The third-order valence-corrected chi connectivity index (χ3v) is 4.04. The highest BCUT2D eigenvalue weighted by Gasteiger charge is 2.20. The number of aryl methyl sites for hydroxylation is 2. The van der Waals surface area contributed by atoms with Gasteiger partial charge in [-0.1, -0.05) is 12.1 Å². The molecule has 0 radical (unpaired) electrons. The van der Waals surface area contributed by atoms with Gasteiger partial charge in [-0.05, 0) is 38.0 Å². The summed E-state index contributed by atoms with van der Waals surface area (Å²) in [4.78, 5) is 26.1. The second kappa shape index (κ2) is 7.94. The number of nitrogens with one attached hydrogen (secondary N) is 1. The Balaban J connectivity index is 2.03. The summed E-state index contributed by atoms with van der Waals surface area (Å²) in [6.07, 6.45) is 1.46. The molecule has 134 valence electrons. The van der Waals surface area contributed by atoms with E-state index in [2.05, 4.69) is 10.4 Å². The molecule has 25 heavy (non-hydrogen) atoms. The number of aliphatic hydroxyl groups excluding tert-OH is 1. The summed E-state index contributed by atoms with van der Waals surface area (Å²) >= 11 is 0. The smallest absolute Gasteiger partial charge is 0.257 e. The van der Waals surface area contributed by atoms with E-state index in [1.54, 1.807) is 18.7 Å². The number of likely N-dealkylation sites (N-methyl/N-ethyl adjacent to an activating group) is 1. The molecule has 0 saturated heterocycles. The number of nitrogens with zero attached hydrogens (tertiary/aromatic N) is 3. The first kappa shape index (κ1) is 18.7. The number of benzene rings is 1. The Morgan fingerprint density at radius 2 is 2.00 bits per heavy atom. The van der Waals surface area contributed by atoms with E-state index in [4.69, 9.17) is 5.11 Å². The quantitative estimate of drug-likeness (QED) is 0.831. The normalized spacial score (nSPS) is 10.6. The predicted octanol–water partition coefficient (Wildman–Crippen LogP) is 1.51. The highest BCUT2D eigenvalue weighted by Crippen LogP contribution is 2.16. The van der Waals surface area contributed by atoms with E-state index < -0.39 is 0 Å². The average molecular weight is 344 g/mol. The van der Waals surface area contributed by atoms with Crippen molar-refractivity contribution < 1.29 is 14.7 Å². The highest BCUT2D eigenvalue weighted by atomic mass is 16.3. The standard InChI is InChI=1S/C18H24N4O3/c1-12-5-6-13(2)16(9-12)20-17(24)11-21(4)18(25)15-10-19-22(7-8-23)14(15)3/h5-6,9-10,23H,7-8,11H2,1-4H3,(H,20,24). The van der Waals surface area contributed by atoms with Crippen LogP contribution in [-0.4, -0.2) is 51.8 Å². The zero-order valence-electron chi connectivity index (χ0n) is 15.0. The Hall–Kier alpha value is -2.67. The van der Waals surface area contributed by atoms with Gasteiger partial charge in [-0.15, -0.1) is 0 Å². The molecule has 0 fully saturated rings. The average Bonchev–Trinajstić information content (AvgIpc) is 2.91. The highest BCUT2D eigenvalue weighted by molar-refractivity contribution is 5.99. The SMILES string of the molecule is Cc1ccc(C)c(NC(=O)CN(C)C(=O)c2cnn(CCO)c2C)c1. The molecule has 7 nitrogen and oxygen atoms in total. The van der Waals surface area contributed by atoms with Crippen LogP contribution in [0.4, 0.5) is 5.69 Å². The van der Waals surface area contributed by atoms with Crippen LogP contribution >= 0.6 is 0 Å². The van der Waals surface area contributed by atoms with Crippen molar-refractivity contribution in [3.05, 3.63) is 46.8 Å². The van der Waals surface area contributed by atoms with E-state index in [-0.39, 0.29) is 25.0 Å². The van der Waals surface area contributed by atoms with Crippen LogP contribution in [0.2, 0.25) is 0 Å². The second-order valence-electron chi connectivity index (χ2n) is 6.12. The topological polar surface area (TPSA) is 87.5 Å². The second-order valence-corrected chi connectivity index (χ2v) is 6.12. The van der Waals surface area contributed by atoms with E-state index in [1.165, 1.54) is 11.1 Å². The first-order valence-corrected chi connectivity index (χ1v) is 8.09. The minimum Gasteiger partial charge on any atom is -0.394 e. The molecule has 0 aliphatic carbocycles. The number of aromatic nitrogens is 2. The predicted molar refractivity (Wildman–Crippen MR) is 95.6 cm³/mol. The van der Waals surface area contributed by atoms with Crippen LogP contribution in [0.25, 0.3) is 0 Å². The monoisotopic (exact) mass is 344 g/mol. The summed E-state index contributed by atoms with van der Waals surface area (Å²) in [7, 11) is 1.58. The molecule has 2 aromatic rings. The molecule has 0 bridgehead atoms. The molecule has 1 aromatic carbocycles. The van der Waals surface area contributed by atoms with Gasteiger partial charge in [-0.3, -0.25) is 14.3 Å². The Morgan fingerprint density at radius 3 is 2.68 bits per heavy atom. The Labute approximate surface area is 147 Å². The number of rotatable bonds is 6. The van der Waals surface area contributed by atoms with Crippen molar-refractivity contribution in [1.82, 2.24) is 14.7 Å². The maximum absolute atomic E-state index is 12.5. The lowest BCUT2D eigenvalue weighted by Crippen LogP contribution is -2.35. The number of aliphatic hydroxyl groups is 1. The van der Waals surface area contributed by atoms with E-state index in [9.17, 15) is 9.59 Å². The van der Waals surface area contributed by atoms with Crippen molar-refractivity contribution >= 4 is 17.5 Å². The molecular weight excluding hydrogens is 320 g/mol. The first-order valence-electron chi connectivity index (χ1n) is 8.09. The van der Waals surface area contributed by atoms with Crippen LogP contribution in [0.3, 0.4) is 0 Å². The molecule has 0 aliphatic heterocycles.